The van der Waals surface area contributed by atoms with Crippen LogP contribution in [0.4, 0.5) is 4.39 Å². The summed E-state index contributed by atoms with van der Waals surface area (Å²) in [6.07, 6.45) is 1.63. The maximum atomic E-state index is 13.0. The van der Waals surface area contributed by atoms with Gasteiger partial charge in [0, 0.05) is 11.1 Å². The smallest absolute Gasteiger partial charge is 0.166 e. The molecule has 2 rings (SSSR count). The fourth-order valence-electron chi connectivity index (χ4n) is 1.20. The van der Waals surface area contributed by atoms with Crippen LogP contribution in [0.15, 0.2) is 6.07 Å². The number of nitrogens with two attached hydrogens (primary N) is 1. The van der Waals surface area contributed by atoms with Gasteiger partial charge < -0.3 is 5.73 Å². The fourth-order valence-corrected chi connectivity index (χ4v) is 1.71. The molecule has 0 atom stereocenters. The van der Waals surface area contributed by atoms with Crippen LogP contribution in [-0.4, -0.2) is 4.98 Å². The van der Waals surface area contributed by atoms with Gasteiger partial charge in [-0.2, -0.15) is 0 Å². The van der Waals surface area contributed by atoms with Gasteiger partial charge in [-0.1, -0.05) is 23.2 Å². The van der Waals surface area contributed by atoms with Gasteiger partial charge in [-0.3, -0.25) is 0 Å². The van der Waals surface area contributed by atoms with E-state index in [0.29, 0.717) is 5.56 Å². The SMILES string of the molecule is NC1(c2cc(F)c(Cl)nc2Cl)CC1. The molecular formula is C8H7Cl2FN2. The molecule has 0 amide bonds. The summed E-state index contributed by atoms with van der Waals surface area (Å²) in [5, 5.41) is -0.00981. The highest BCUT2D eigenvalue weighted by Crippen LogP contribution is 2.45. The summed E-state index contributed by atoms with van der Waals surface area (Å²) in [6, 6.07) is 1.27. The van der Waals surface area contributed by atoms with Crippen LogP contribution >= 0.6 is 23.2 Å². The number of hydrogen-bond donors (Lipinski definition) is 1. The second-order valence-electron chi connectivity index (χ2n) is 3.26. The predicted molar refractivity (Wildman–Crippen MR) is 49.3 cm³/mol. The van der Waals surface area contributed by atoms with Crippen molar-refractivity contribution in [2.45, 2.75) is 18.4 Å². The van der Waals surface area contributed by atoms with Crippen molar-refractivity contribution < 1.29 is 4.39 Å². The molecule has 1 aromatic rings. The summed E-state index contributed by atoms with van der Waals surface area (Å²) in [4.78, 5) is 3.66. The van der Waals surface area contributed by atoms with Crippen molar-refractivity contribution in [3.63, 3.8) is 0 Å². The van der Waals surface area contributed by atoms with Crippen molar-refractivity contribution >= 4 is 23.2 Å². The molecule has 2 N–H and O–H groups in total. The summed E-state index contributed by atoms with van der Waals surface area (Å²) in [5.41, 5.74) is 5.93. The number of hydrogen-bond acceptors (Lipinski definition) is 2. The first-order valence-electron chi connectivity index (χ1n) is 3.84. The molecule has 0 bridgehead atoms. The van der Waals surface area contributed by atoms with Crippen LogP contribution < -0.4 is 5.73 Å². The van der Waals surface area contributed by atoms with Crippen LogP contribution in [0.1, 0.15) is 18.4 Å². The third kappa shape index (κ3) is 1.52. The molecule has 0 spiro atoms. The third-order valence-electron chi connectivity index (χ3n) is 2.21. The van der Waals surface area contributed by atoms with Crippen LogP contribution in [0.3, 0.4) is 0 Å². The van der Waals surface area contributed by atoms with E-state index in [2.05, 4.69) is 4.98 Å². The van der Waals surface area contributed by atoms with E-state index in [1.165, 1.54) is 6.07 Å². The van der Waals surface area contributed by atoms with E-state index in [0.717, 1.165) is 12.8 Å². The Morgan fingerprint density at radius 3 is 2.54 bits per heavy atom. The molecule has 0 unspecified atom stereocenters. The van der Waals surface area contributed by atoms with Crippen LogP contribution in [0.2, 0.25) is 10.3 Å². The van der Waals surface area contributed by atoms with Crippen LogP contribution in [0, 0.1) is 5.82 Å². The zero-order chi connectivity index (χ0) is 9.64. The van der Waals surface area contributed by atoms with Gasteiger partial charge in [0.1, 0.15) is 5.15 Å². The Kier molecular flexibility index (Phi) is 1.98. The molecule has 1 fully saturated rings. The monoisotopic (exact) mass is 220 g/mol. The van der Waals surface area contributed by atoms with Gasteiger partial charge in [0.2, 0.25) is 0 Å². The van der Waals surface area contributed by atoms with Gasteiger partial charge in [-0.05, 0) is 18.9 Å². The normalized spacial score (nSPS) is 18.8. The van der Waals surface area contributed by atoms with Gasteiger partial charge in [-0.25, -0.2) is 9.37 Å². The summed E-state index contributed by atoms with van der Waals surface area (Å²) in [7, 11) is 0. The zero-order valence-corrected chi connectivity index (χ0v) is 8.16. The zero-order valence-electron chi connectivity index (χ0n) is 6.65. The molecule has 1 saturated carbocycles. The Labute approximate surface area is 84.9 Å². The maximum absolute atomic E-state index is 13.0. The topological polar surface area (TPSA) is 38.9 Å². The van der Waals surface area contributed by atoms with Crippen molar-refractivity contribution in [2.24, 2.45) is 5.73 Å². The van der Waals surface area contributed by atoms with Crippen LogP contribution in [0.5, 0.6) is 0 Å². The van der Waals surface area contributed by atoms with Gasteiger partial charge >= 0.3 is 0 Å². The molecule has 1 heterocycles. The standard InChI is InChI=1S/C8H7Cl2FN2/c9-6-4(8(12)1-2-8)3-5(11)7(10)13-6/h3H,1-2,12H2. The summed E-state index contributed by atoms with van der Waals surface area (Å²) in [6.45, 7) is 0. The van der Waals surface area contributed by atoms with Crippen LogP contribution in [0.25, 0.3) is 0 Å². The third-order valence-corrected chi connectivity index (χ3v) is 2.76. The van der Waals surface area contributed by atoms with E-state index in [-0.39, 0.29) is 10.3 Å². The number of halogens is 3. The van der Waals surface area contributed by atoms with Gasteiger partial charge in [0.15, 0.2) is 11.0 Å². The quantitative estimate of drug-likeness (QED) is 0.739. The molecule has 13 heavy (non-hydrogen) atoms. The fraction of sp³-hybridized carbons (Fsp3) is 0.375. The van der Waals surface area contributed by atoms with Crippen molar-refractivity contribution in [1.82, 2.24) is 4.98 Å². The lowest BCUT2D eigenvalue weighted by Gasteiger charge is -2.10. The minimum atomic E-state index is -0.571. The van der Waals surface area contributed by atoms with Crippen molar-refractivity contribution in [3.05, 3.63) is 27.8 Å². The molecular weight excluding hydrogens is 214 g/mol. The average Bonchev–Trinajstić information content (AvgIpc) is 2.77. The van der Waals surface area contributed by atoms with E-state index in [1.54, 1.807) is 0 Å². The van der Waals surface area contributed by atoms with Crippen LogP contribution in [-0.2, 0) is 5.54 Å². The molecule has 1 aliphatic carbocycles. The molecule has 2 nitrogen and oxygen atoms in total. The van der Waals surface area contributed by atoms with Gasteiger partial charge in [-0.15, -0.1) is 0 Å². The number of rotatable bonds is 1. The molecule has 70 valence electrons. The molecule has 1 aliphatic rings. The molecule has 0 aromatic carbocycles. The van der Waals surface area contributed by atoms with Crippen molar-refractivity contribution in [1.29, 1.82) is 0 Å². The van der Waals surface area contributed by atoms with Gasteiger partial charge in [0.25, 0.3) is 0 Å². The van der Waals surface area contributed by atoms with E-state index in [4.69, 9.17) is 28.9 Å². The predicted octanol–water partition coefficient (Wildman–Crippen LogP) is 2.48. The number of nitrogens with zero attached hydrogens (tertiary/aromatic N) is 1. The minimum Gasteiger partial charge on any atom is -0.321 e. The lowest BCUT2D eigenvalue weighted by Crippen LogP contribution is -2.20. The first-order chi connectivity index (χ1) is 6.03. The highest BCUT2D eigenvalue weighted by molar-refractivity contribution is 6.33. The van der Waals surface area contributed by atoms with E-state index in [1.807, 2.05) is 0 Å². The van der Waals surface area contributed by atoms with Gasteiger partial charge in [0.05, 0.1) is 0 Å². The Balaban J connectivity index is 2.52. The highest BCUT2D eigenvalue weighted by Gasteiger charge is 2.42. The van der Waals surface area contributed by atoms with Crippen molar-refractivity contribution in [2.75, 3.05) is 0 Å². The second-order valence-corrected chi connectivity index (χ2v) is 3.97. The summed E-state index contributed by atoms with van der Waals surface area (Å²) < 4.78 is 13.0. The van der Waals surface area contributed by atoms with E-state index >= 15 is 0 Å². The maximum Gasteiger partial charge on any atom is 0.166 e. The van der Waals surface area contributed by atoms with Crippen molar-refractivity contribution in [3.8, 4) is 0 Å². The Hall–Kier alpha value is -0.380. The summed E-state index contributed by atoms with van der Waals surface area (Å²) >= 11 is 11.2. The lowest BCUT2D eigenvalue weighted by atomic mass is 10.1. The second kappa shape index (κ2) is 2.80. The average molecular weight is 221 g/mol. The highest BCUT2D eigenvalue weighted by atomic mass is 35.5. The lowest BCUT2D eigenvalue weighted by molar-refractivity contribution is 0.611. The summed E-state index contributed by atoms with van der Waals surface area (Å²) in [5.74, 6) is -0.571. The Morgan fingerprint density at radius 2 is 2.00 bits per heavy atom. The Bertz CT molecular complexity index is 363. The first-order valence-corrected chi connectivity index (χ1v) is 4.59. The van der Waals surface area contributed by atoms with E-state index < -0.39 is 11.4 Å². The minimum absolute atomic E-state index is 0.200. The Morgan fingerprint density at radius 1 is 1.38 bits per heavy atom. The molecule has 0 radical (unpaired) electrons. The molecule has 5 heteroatoms. The number of aromatic nitrogens is 1. The molecule has 0 aliphatic heterocycles. The molecule has 0 saturated heterocycles. The first kappa shape index (κ1) is 9.19. The number of pyridine rings is 1. The largest absolute Gasteiger partial charge is 0.321 e. The van der Waals surface area contributed by atoms with E-state index in [9.17, 15) is 4.39 Å². The molecule has 1 aromatic heterocycles.